The zero-order chi connectivity index (χ0) is 17.0. The molecule has 0 unspecified atom stereocenters. The largest absolute Gasteiger partial charge is 0.342 e. The summed E-state index contributed by atoms with van der Waals surface area (Å²) in [7, 11) is 0. The van der Waals surface area contributed by atoms with Gasteiger partial charge in [-0.25, -0.2) is 0 Å². The summed E-state index contributed by atoms with van der Waals surface area (Å²) >= 11 is 1.46. The lowest BCUT2D eigenvalue weighted by molar-refractivity contribution is -0.115. The molecule has 1 aromatic carbocycles. The van der Waals surface area contributed by atoms with E-state index in [1.807, 2.05) is 45.0 Å². The highest BCUT2D eigenvalue weighted by Crippen LogP contribution is 2.22. The molecule has 0 fully saturated rings. The Kier molecular flexibility index (Phi) is 5.55. The minimum absolute atomic E-state index is 0.0367. The molecule has 2 amide bonds. The van der Waals surface area contributed by atoms with E-state index in [4.69, 9.17) is 0 Å². The third-order valence-electron chi connectivity index (χ3n) is 3.78. The Morgan fingerprint density at radius 3 is 2.35 bits per heavy atom. The monoisotopic (exact) mass is 330 g/mol. The molecule has 0 aliphatic heterocycles. The van der Waals surface area contributed by atoms with Gasteiger partial charge < -0.3 is 10.6 Å². The first-order valence-electron chi connectivity index (χ1n) is 7.66. The molecule has 0 aliphatic carbocycles. The second-order valence-electron chi connectivity index (χ2n) is 5.54. The molecule has 2 aromatic rings. The van der Waals surface area contributed by atoms with E-state index >= 15 is 0 Å². The van der Waals surface area contributed by atoms with Crippen LogP contribution >= 0.6 is 11.3 Å². The maximum atomic E-state index is 12.1. The van der Waals surface area contributed by atoms with E-state index in [2.05, 4.69) is 17.6 Å². The summed E-state index contributed by atoms with van der Waals surface area (Å²) in [4.78, 5) is 26.0. The fraction of sp³-hybridized carbons (Fsp3) is 0.333. The minimum atomic E-state index is -0.222. The molecule has 1 aromatic heterocycles. The van der Waals surface area contributed by atoms with Crippen LogP contribution < -0.4 is 10.6 Å². The summed E-state index contributed by atoms with van der Waals surface area (Å²) < 4.78 is 0. The molecule has 0 saturated carbocycles. The normalized spacial score (nSPS) is 10.4. The van der Waals surface area contributed by atoms with E-state index in [0.29, 0.717) is 4.88 Å². The van der Waals surface area contributed by atoms with Crippen molar-refractivity contribution in [1.29, 1.82) is 0 Å². The topological polar surface area (TPSA) is 58.2 Å². The molecule has 0 bridgehead atoms. The van der Waals surface area contributed by atoms with Crippen LogP contribution in [0.5, 0.6) is 0 Å². The first-order chi connectivity index (χ1) is 10.9. The summed E-state index contributed by atoms with van der Waals surface area (Å²) in [5.74, 6) is -0.422. The van der Waals surface area contributed by atoms with Crippen molar-refractivity contribution in [2.75, 3.05) is 11.9 Å². The number of aryl methyl sites for hydroxylation is 4. The number of para-hydroxylation sites is 1. The molecule has 0 atom stereocenters. The Morgan fingerprint density at radius 2 is 1.78 bits per heavy atom. The Labute approximate surface area is 140 Å². The van der Waals surface area contributed by atoms with Gasteiger partial charge in [0.2, 0.25) is 5.91 Å². The van der Waals surface area contributed by atoms with E-state index < -0.39 is 0 Å². The molecule has 122 valence electrons. The lowest BCUT2D eigenvalue weighted by Gasteiger charge is -2.11. The number of anilines is 1. The molecular weight excluding hydrogens is 308 g/mol. The summed E-state index contributed by atoms with van der Waals surface area (Å²) in [5, 5.41) is 5.54. The predicted molar refractivity (Wildman–Crippen MR) is 95.3 cm³/mol. The Balaban J connectivity index is 1.95. The lowest BCUT2D eigenvalue weighted by Crippen LogP contribution is -2.32. The molecule has 1 heterocycles. The molecule has 4 nitrogen and oxygen atoms in total. The van der Waals surface area contributed by atoms with Gasteiger partial charge in [0.25, 0.3) is 5.91 Å². The minimum Gasteiger partial charge on any atom is -0.342 e. The summed E-state index contributed by atoms with van der Waals surface area (Å²) in [6.07, 6.45) is 0.905. The fourth-order valence-electron chi connectivity index (χ4n) is 2.43. The van der Waals surface area contributed by atoms with Crippen LogP contribution in [0.2, 0.25) is 0 Å². The van der Waals surface area contributed by atoms with Crippen molar-refractivity contribution in [2.45, 2.75) is 34.1 Å². The van der Waals surface area contributed by atoms with E-state index in [9.17, 15) is 9.59 Å². The average Bonchev–Trinajstić information content (AvgIpc) is 2.90. The zero-order valence-electron chi connectivity index (χ0n) is 13.9. The number of benzene rings is 1. The van der Waals surface area contributed by atoms with Crippen molar-refractivity contribution in [3.8, 4) is 0 Å². The molecule has 2 rings (SSSR count). The first-order valence-corrected chi connectivity index (χ1v) is 8.47. The fourth-order valence-corrected chi connectivity index (χ4v) is 3.46. The summed E-state index contributed by atoms with van der Waals surface area (Å²) in [5.41, 5.74) is 4.00. The lowest BCUT2D eigenvalue weighted by atomic mass is 10.1. The van der Waals surface area contributed by atoms with Crippen molar-refractivity contribution in [2.24, 2.45) is 0 Å². The van der Waals surface area contributed by atoms with E-state index in [0.717, 1.165) is 28.1 Å². The van der Waals surface area contributed by atoms with E-state index in [1.54, 1.807) is 0 Å². The SMILES string of the molecule is CCc1cc(C(=O)NCC(=O)Nc2c(C)cccc2C)sc1C. The van der Waals surface area contributed by atoms with Crippen LogP contribution in [0, 0.1) is 20.8 Å². The van der Waals surface area contributed by atoms with Crippen molar-refractivity contribution < 1.29 is 9.59 Å². The highest BCUT2D eigenvalue weighted by molar-refractivity contribution is 7.14. The van der Waals surface area contributed by atoms with Gasteiger partial charge in [-0.05, 0) is 49.9 Å². The molecule has 0 saturated heterocycles. The summed E-state index contributed by atoms with van der Waals surface area (Å²) in [6, 6.07) is 7.75. The standard InChI is InChI=1S/C18H22N2O2S/c1-5-14-9-15(23-13(14)4)18(22)19-10-16(21)20-17-11(2)7-6-8-12(17)3/h6-9H,5,10H2,1-4H3,(H,19,22)(H,20,21). The second kappa shape index (κ2) is 7.42. The van der Waals surface area contributed by atoms with Crippen molar-refractivity contribution in [1.82, 2.24) is 5.32 Å². The third-order valence-corrected chi connectivity index (χ3v) is 4.87. The second-order valence-corrected chi connectivity index (χ2v) is 6.80. The number of hydrogen-bond donors (Lipinski definition) is 2. The zero-order valence-corrected chi connectivity index (χ0v) is 14.8. The van der Waals surface area contributed by atoms with Crippen LogP contribution in [0.15, 0.2) is 24.3 Å². The van der Waals surface area contributed by atoms with Crippen LogP contribution in [-0.4, -0.2) is 18.4 Å². The van der Waals surface area contributed by atoms with Crippen molar-refractivity contribution >= 4 is 28.8 Å². The third kappa shape index (κ3) is 4.20. The Bertz CT molecular complexity index is 714. The number of nitrogens with one attached hydrogen (secondary N) is 2. The summed E-state index contributed by atoms with van der Waals surface area (Å²) in [6.45, 7) is 7.93. The van der Waals surface area contributed by atoms with Crippen LogP contribution in [0.4, 0.5) is 5.69 Å². The predicted octanol–water partition coefficient (Wildman–Crippen LogP) is 3.60. The maximum absolute atomic E-state index is 12.1. The van der Waals surface area contributed by atoms with Gasteiger partial charge in [0.05, 0.1) is 11.4 Å². The number of rotatable bonds is 5. The molecular formula is C18H22N2O2S. The van der Waals surface area contributed by atoms with Gasteiger partial charge in [0, 0.05) is 10.6 Å². The number of carbonyl (C=O) groups excluding carboxylic acids is 2. The van der Waals surface area contributed by atoms with Crippen molar-refractivity contribution in [3.63, 3.8) is 0 Å². The number of carbonyl (C=O) groups is 2. The first kappa shape index (κ1) is 17.2. The van der Waals surface area contributed by atoms with E-state index in [-0.39, 0.29) is 18.4 Å². The van der Waals surface area contributed by atoms with Gasteiger partial charge >= 0.3 is 0 Å². The van der Waals surface area contributed by atoms with Gasteiger partial charge in [-0.2, -0.15) is 0 Å². The Morgan fingerprint density at radius 1 is 1.13 bits per heavy atom. The van der Waals surface area contributed by atoms with Gasteiger partial charge in [0.15, 0.2) is 0 Å². The molecule has 0 spiro atoms. The Hall–Kier alpha value is -2.14. The maximum Gasteiger partial charge on any atom is 0.261 e. The average molecular weight is 330 g/mol. The van der Waals surface area contributed by atoms with Crippen LogP contribution in [0.1, 0.15) is 38.2 Å². The number of amides is 2. The smallest absolute Gasteiger partial charge is 0.261 e. The molecule has 5 heteroatoms. The van der Waals surface area contributed by atoms with E-state index in [1.165, 1.54) is 16.9 Å². The highest BCUT2D eigenvalue weighted by Gasteiger charge is 2.13. The van der Waals surface area contributed by atoms with Gasteiger partial charge in [-0.15, -0.1) is 11.3 Å². The van der Waals surface area contributed by atoms with Gasteiger partial charge in [-0.1, -0.05) is 25.1 Å². The number of thiophene rings is 1. The van der Waals surface area contributed by atoms with Crippen molar-refractivity contribution in [3.05, 3.63) is 50.7 Å². The van der Waals surface area contributed by atoms with Crippen LogP contribution in [0.25, 0.3) is 0 Å². The highest BCUT2D eigenvalue weighted by atomic mass is 32.1. The van der Waals surface area contributed by atoms with Gasteiger partial charge in [0.1, 0.15) is 0 Å². The van der Waals surface area contributed by atoms with Crippen LogP contribution in [0.3, 0.4) is 0 Å². The van der Waals surface area contributed by atoms with Gasteiger partial charge in [-0.3, -0.25) is 9.59 Å². The quantitative estimate of drug-likeness (QED) is 0.880. The molecule has 0 aliphatic rings. The molecule has 2 N–H and O–H groups in total. The van der Waals surface area contributed by atoms with Crippen LogP contribution in [-0.2, 0) is 11.2 Å². The number of hydrogen-bond acceptors (Lipinski definition) is 3. The molecule has 0 radical (unpaired) electrons. The molecule has 23 heavy (non-hydrogen) atoms.